The summed E-state index contributed by atoms with van der Waals surface area (Å²) in [6, 6.07) is 10.6. The standard InChI is InChI=1S/C20H18O5/c1-13(2)19(21)24-10-9-23-17-7-5-16-12-18(8-6-15(16)11-17)25-20(22)14(3)4/h5-12H,1,3H2,2,4H3. The molecule has 25 heavy (non-hydrogen) atoms. The van der Waals surface area contributed by atoms with Gasteiger partial charge in [-0.1, -0.05) is 25.3 Å². The van der Waals surface area contributed by atoms with Crippen molar-refractivity contribution < 1.29 is 23.8 Å². The van der Waals surface area contributed by atoms with E-state index >= 15 is 0 Å². The molecule has 0 heterocycles. The molecule has 0 aromatic heterocycles. The van der Waals surface area contributed by atoms with Crippen LogP contribution in [0.2, 0.25) is 0 Å². The summed E-state index contributed by atoms with van der Waals surface area (Å²) in [5, 5.41) is 1.79. The number of esters is 2. The topological polar surface area (TPSA) is 61.8 Å². The number of benzene rings is 2. The van der Waals surface area contributed by atoms with Gasteiger partial charge in [0.15, 0.2) is 0 Å². The van der Waals surface area contributed by atoms with Crippen LogP contribution < -0.4 is 9.47 Å². The number of hydrogen-bond acceptors (Lipinski definition) is 5. The highest BCUT2D eigenvalue weighted by Crippen LogP contribution is 2.25. The molecule has 2 rings (SSSR count). The molecule has 0 bridgehead atoms. The first-order valence-electron chi connectivity index (χ1n) is 7.46. The highest BCUT2D eigenvalue weighted by Gasteiger charge is 2.06. The van der Waals surface area contributed by atoms with Crippen molar-refractivity contribution in [2.24, 2.45) is 0 Å². The summed E-state index contributed by atoms with van der Waals surface area (Å²) in [4.78, 5) is 22.8. The minimum atomic E-state index is -0.518. The molecule has 0 aliphatic rings. The van der Waals surface area contributed by atoms with Crippen LogP contribution in [-0.2, 0) is 14.3 Å². The van der Waals surface area contributed by atoms with Crippen LogP contribution in [0.1, 0.15) is 13.8 Å². The molecule has 0 radical (unpaired) electrons. The van der Waals surface area contributed by atoms with Gasteiger partial charge in [-0.25, -0.2) is 9.59 Å². The summed E-state index contributed by atoms with van der Waals surface area (Å²) >= 11 is 0. The van der Waals surface area contributed by atoms with Gasteiger partial charge in [0.05, 0.1) is 0 Å². The van der Waals surface area contributed by atoms with Gasteiger partial charge in [-0.05, 0) is 48.9 Å². The van der Waals surface area contributed by atoms with E-state index in [0.717, 1.165) is 17.0 Å². The predicted octanol–water partition coefficient (Wildman–Crippen LogP) is 4.29. The third-order valence-corrected chi connectivity index (χ3v) is 3.13. The van der Waals surface area contributed by atoms with Crippen LogP contribution in [0.4, 0.5) is 0 Å². The Morgan fingerprint density at radius 2 is 1.40 bits per heavy atom. The molecule has 0 amide bonds. The molecule has 0 aliphatic heterocycles. The first-order chi connectivity index (χ1) is 11.9. The lowest BCUT2D eigenvalue weighted by Crippen LogP contribution is -2.07. The van der Waals surface area contributed by atoms with E-state index in [1.165, 1.54) is 6.26 Å². The molecule has 0 atom stereocenters. The summed E-state index contributed by atoms with van der Waals surface area (Å²) in [5.74, 6) is 0.0338. The molecule has 0 saturated heterocycles. The lowest BCUT2D eigenvalue weighted by atomic mass is 10.1. The Morgan fingerprint density at radius 1 is 0.840 bits per heavy atom. The zero-order chi connectivity index (χ0) is 18.4. The summed E-state index contributed by atoms with van der Waals surface area (Å²) in [5.41, 5.74) is 0.640. The second-order valence-electron chi connectivity index (χ2n) is 5.42. The van der Waals surface area contributed by atoms with Crippen molar-refractivity contribution in [3.63, 3.8) is 0 Å². The minimum absolute atomic E-state index is 0.304. The second kappa shape index (κ2) is 7.97. The van der Waals surface area contributed by atoms with Crippen molar-refractivity contribution in [1.82, 2.24) is 0 Å². The first-order valence-corrected chi connectivity index (χ1v) is 7.46. The van der Waals surface area contributed by atoms with Crippen molar-refractivity contribution in [3.8, 4) is 11.5 Å². The van der Waals surface area contributed by atoms with Crippen LogP contribution in [0.15, 0.2) is 73.2 Å². The summed E-state index contributed by atoms with van der Waals surface area (Å²) < 4.78 is 15.4. The Kier molecular flexibility index (Phi) is 5.74. The van der Waals surface area contributed by atoms with Crippen molar-refractivity contribution in [2.45, 2.75) is 13.8 Å². The highest BCUT2D eigenvalue weighted by atomic mass is 16.5. The van der Waals surface area contributed by atoms with E-state index < -0.39 is 11.9 Å². The van der Waals surface area contributed by atoms with Gasteiger partial charge in [0.25, 0.3) is 0 Å². The molecular weight excluding hydrogens is 320 g/mol. The van der Waals surface area contributed by atoms with Gasteiger partial charge in [0.1, 0.15) is 24.0 Å². The molecule has 0 spiro atoms. The van der Waals surface area contributed by atoms with E-state index in [2.05, 4.69) is 13.2 Å². The number of carbonyl (C=O) groups excluding carboxylic acids is 2. The van der Waals surface area contributed by atoms with Crippen LogP contribution in [0.25, 0.3) is 10.8 Å². The first kappa shape index (κ1) is 18.0. The molecule has 5 heteroatoms. The summed E-state index contributed by atoms with van der Waals surface area (Å²) in [7, 11) is 0. The smallest absolute Gasteiger partial charge is 0.338 e. The normalized spacial score (nSPS) is 10.5. The van der Waals surface area contributed by atoms with Gasteiger partial charge in [-0.3, -0.25) is 0 Å². The lowest BCUT2D eigenvalue weighted by Gasteiger charge is -2.07. The van der Waals surface area contributed by atoms with Crippen LogP contribution in [0, 0.1) is 0 Å². The van der Waals surface area contributed by atoms with Crippen LogP contribution in [0.5, 0.6) is 11.5 Å². The quantitative estimate of drug-likeness (QED) is 0.340. The van der Waals surface area contributed by atoms with E-state index in [4.69, 9.17) is 14.2 Å². The third kappa shape index (κ3) is 5.07. The lowest BCUT2D eigenvalue weighted by molar-refractivity contribution is -0.133. The second-order valence-corrected chi connectivity index (χ2v) is 5.42. The SMILES string of the molecule is C=C(C)C(=O)OC=COc1ccc2cc(OC(=O)C(=C)C)ccc2c1. The highest BCUT2D eigenvalue weighted by molar-refractivity contribution is 5.90. The fourth-order valence-electron chi connectivity index (χ4n) is 1.83. The molecule has 128 valence electrons. The monoisotopic (exact) mass is 338 g/mol. The van der Waals surface area contributed by atoms with Crippen molar-refractivity contribution in [2.75, 3.05) is 0 Å². The zero-order valence-electron chi connectivity index (χ0n) is 14.1. The van der Waals surface area contributed by atoms with Gasteiger partial charge in [0.2, 0.25) is 0 Å². The third-order valence-electron chi connectivity index (χ3n) is 3.13. The Bertz CT molecular complexity index is 877. The van der Waals surface area contributed by atoms with E-state index in [9.17, 15) is 9.59 Å². The van der Waals surface area contributed by atoms with Crippen LogP contribution in [-0.4, -0.2) is 11.9 Å². The number of fused-ring (bicyclic) bond motifs is 1. The fourth-order valence-corrected chi connectivity index (χ4v) is 1.83. The number of ether oxygens (including phenoxy) is 3. The number of carbonyl (C=O) groups is 2. The van der Waals surface area contributed by atoms with E-state index in [-0.39, 0.29) is 0 Å². The van der Waals surface area contributed by atoms with Crippen molar-refractivity contribution in [1.29, 1.82) is 0 Å². The van der Waals surface area contributed by atoms with Gasteiger partial charge >= 0.3 is 11.9 Å². The average Bonchev–Trinajstić information content (AvgIpc) is 2.58. The Labute approximate surface area is 145 Å². The van der Waals surface area contributed by atoms with Gasteiger partial charge in [-0.15, -0.1) is 0 Å². The van der Waals surface area contributed by atoms with E-state index in [1.807, 2.05) is 18.2 Å². The molecule has 0 unspecified atom stereocenters. The van der Waals surface area contributed by atoms with Crippen LogP contribution in [0.3, 0.4) is 0 Å². The molecular formula is C20H18O5. The average molecular weight is 338 g/mol. The molecule has 2 aromatic rings. The molecule has 0 N–H and O–H groups in total. The van der Waals surface area contributed by atoms with Gasteiger partial charge < -0.3 is 14.2 Å². The Hall–Kier alpha value is -3.34. The largest absolute Gasteiger partial charge is 0.462 e. The number of hydrogen-bond donors (Lipinski definition) is 0. The van der Waals surface area contributed by atoms with Crippen LogP contribution >= 0.6 is 0 Å². The zero-order valence-corrected chi connectivity index (χ0v) is 14.1. The van der Waals surface area contributed by atoms with E-state index in [0.29, 0.717) is 22.6 Å². The van der Waals surface area contributed by atoms with Crippen molar-refractivity contribution >= 4 is 22.7 Å². The maximum absolute atomic E-state index is 11.5. The van der Waals surface area contributed by atoms with Crippen molar-refractivity contribution in [3.05, 3.63) is 73.2 Å². The predicted molar refractivity (Wildman–Crippen MR) is 95.1 cm³/mol. The summed E-state index contributed by atoms with van der Waals surface area (Å²) in [6.45, 7) is 10.2. The Balaban J connectivity index is 2.06. The maximum atomic E-state index is 11.5. The summed E-state index contributed by atoms with van der Waals surface area (Å²) in [6.07, 6.45) is 2.42. The van der Waals surface area contributed by atoms with E-state index in [1.54, 1.807) is 32.0 Å². The van der Waals surface area contributed by atoms with Gasteiger partial charge in [-0.2, -0.15) is 0 Å². The maximum Gasteiger partial charge on any atom is 0.338 e. The Morgan fingerprint density at radius 3 is 2.00 bits per heavy atom. The molecule has 2 aromatic carbocycles. The molecule has 0 saturated carbocycles. The minimum Gasteiger partial charge on any atom is -0.462 e. The van der Waals surface area contributed by atoms with Gasteiger partial charge in [0, 0.05) is 11.1 Å². The fraction of sp³-hybridized carbons (Fsp3) is 0.100. The molecule has 0 fully saturated rings. The molecule has 5 nitrogen and oxygen atoms in total. The molecule has 0 aliphatic carbocycles. The number of rotatable bonds is 6.